The Morgan fingerprint density at radius 2 is 2.12 bits per heavy atom. The van der Waals surface area contributed by atoms with Gasteiger partial charge in [0.15, 0.2) is 0 Å². The fourth-order valence-corrected chi connectivity index (χ4v) is 3.16. The molecule has 2 heterocycles. The van der Waals surface area contributed by atoms with E-state index in [1.807, 2.05) is 48.0 Å². The summed E-state index contributed by atoms with van der Waals surface area (Å²) in [7, 11) is 0. The number of urea groups is 1. The molecule has 3 aromatic rings. The van der Waals surface area contributed by atoms with E-state index in [1.165, 1.54) is 0 Å². The monoisotopic (exact) mass is 376 g/mol. The first kappa shape index (κ1) is 17.6. The Hall–Kier alpha value is -2.24. The molecule has 0 aliphatic heterocycles. The van der Waals surface area contributed by atoms with Gasteiger partial charge in [-0.15, -0.1) is 0 Å². The molecular formula is C18H18Cl2N4O. The van der Waals surface area contributed by atoms with E-state index in [0.29, 0.717) is 23.0 Å². The third-order valence-corrected chi connectivity index (χ3v) is 4.42. The highest BCUT2D eigenvalue weighted by Gasteiger charge is 2.12. The molecule has 0 bridgehead atoms. The number of aromatic nitrogens is 2. The average Bonchev–Trinajstić information content (AvgIpc) is 2.97. The van der Waals surface area contributed by atoms with Crippen LogP contribution in [-0.4, -0.2) is 22.0 Å². The van der Waals surface area contributed by atoms with Crippen LogP contribution in [0.1, 0.15) is 24.2 Å². The van der Waals surface area contributed by atoms with Crippen LogP contribution in [-0.2, 0) is 6.42 Å². The molecule has 1 atom stereocenters. The van der Waals surface area contributed by atoms with Crippen LogP contribution in [0, 0.1) is 0 Å². The topological polar surface area (TPSA) is 58.4 Å². The van der Waals surface area contributed by atoms with Crippen LogP contribution in [0.4, 0.5) is 4.79 Å². The number of halogens is 2. The molecule has 0 radical (unpaired) electrons. The maximum absolute atomic E-state index is 12.1. The standard InChI is InChI=1S/C18H18Cl2N4O/c1-12(15-6-5-13(19)10-16(15)20)22-18(25)21-8-7-14-11-24-9-3-2-4-17(24)23-14/h2-6,9-12H,7-8H2,1H3,(H2,21,22,25). The van der Waals surface area contributed by atoms with Crippen LogP contribution in [0.25, 0.3) is 5.65 Å². The number of fused-ring (bicyclic) bond motifs is 1. The second kappa shape index (κ2) is 7.76. The first-order chi connectivity index (χ1) is 12.0. The molecule has 0 aliphatic rings. The quantitative estimate of drug-likeness (QED) is 0.699. The Morgan fingerprint density at radius 3 is 2.88 bits per heavy atom. The zero-order valence-corrected chi connectivity index (χ0v) is 15.2. The molecule has 2 amide bonds. The van der Waals surface area contributed by atoms with E-state index in [1.54, 1.807) is 12.1 Å². The molecule has 7 heteroatoms. The molecule has 0 fully saturated rings. The van der Waals surface area contributed by atoms with Gasteiger partial charge in [-0.05, 0) is 36.8 Å². The highest BCUT2D eigenvalue weighted by Crippen LogP contribution is 2.25. The van der Waals surface area contributed by atoms with Crippen LogP contribution >= 0.6 is 23.2 Å². The fraction of sp³-hybridized carbons (Fsp3) is 0.222. The van der Waals surface area contributed by atoms with Gasteiger partial charge in [0, 0.05) is 35.4 Å². The first-order valence-corrected chi connectivity index (χ1v) is 8.70. The molecule has 1 aromatic carbocycles. The smallest absolute Gasteiger partial charge is 0.315 e. The molecule has 3 rings (SSSR count). The van der Waals surface area contributed by atoms with Gasteiger partial charge in [0.1, 0.15) is 5.65 Å². The number of carbonyl (C=O) groups is 1. The molecular weight excluding hydrogens is 359 g/mol. The number of nitrogens with one attached hydrogen (secondary N) is 2. The van der Waals surface area contributed by atoms with Crippen molar-refractivity contribution < 1.29 is 4.79 Å². The molecule has 1 unspecified atom stereocenters. The van der Waals surface area contributed by atoms with Crippen molar-refractivity contribution in [2.45, 2.75) is 19.4 Å². The maximum Gasteiger partial charge on any atom is 0.315 e. The number of imidazole rings is 1. The predicted molar refractivity (Wildman–Crippen MR) is 100 cm³/mol. The lowest BCUT2D eigenvalue weighted by atomic mass is 10.1. The van der Waals surface area contributed by atoms with Crippen LogP contribution in [0.5, 0.6) is 0 Å². The number of hydrogen-bond acceptors (Lipinski definition) is 2. The minimum atomic E-state index is -0.248. The Balaban J connectivity index is 1.50. The molecule has 0 aliphatic carbocycles. The van der Waals surface area contributed by atoms with Gasteiger partial charge in [-0.1, -0.05) is 35.3 Å². The lowest BCUT2D eigenvalue weighted by Crippen LogP contribution is -2.38. The molecule has 0 spiro atoms. The highest BCUT2D eigenvalue weighted by atomic mass is 35.5. The summed E-state index contributed by atoms with van der Waals surface area (Å²) in [5.74, 6) is 0. The molecule has 2 N–H and O–H groups in total. The minimum absolute atomic E-state index is 0.222. The number of pyridine rings is 1. The Kier molecular flexibility index (Phi) is 5.46. The van der Waals surface area contributed by atoms with Crippen molar-refractivity contribution in [2.75, 3.05) is 6.54 Å². The number of benzene rings is 1. The molecule has 0 saturated heterocycles. The van der Waals surface area contributed by atoms with Crippen molar-refractivity contribution in [3.8, 4) is 0 Å². The highest BCUT2D eigenvalue weighted by molar-refractivity contribution is 6.35. The van der Waals surface area contributed by atoms with E-state index in [9.17, 15) is 4.79 Å². The first-order valence-electron chi connectivity index (χ1n) is 7.95. The van der Waals surface area contributed by atoms with E-state index in [-0.39, 0.29) is 12.1 Å². The number of rotatable bonds is 5. The fourth-order valence-electron chi connectivity index (χ4n) is 2.59. The van der Waals surface area contributed by atoms with Crippen LogP contribution in [0.3, 0.4) is 0 Å². The Bertz CT molecular complexity index is 861. The minimum Gasteiger partial charge on any atom is -0.338 e. The van der Waals surface area contributed by atoms with Gasteiger partial charge in [-0.2, -0.15) is 0 Å². The lowest BCUT2D eigenvalue weighted by Gasteiger charge is -2.16. The summed E-state index contributed by atoms with van der Waals surface area (Å²) < 4.78 is 1.96. The third-order valence-electron chi connectivity index (χ3n) is 3.86. The molecule has 5 nitrogen and oxygen atoms in total. The van der Waals surface area contributed by atoms with Crippen molar-refractivity contribution in [3.63, 3.8) is 0 Å². The van der Waals surface area contributed by atoms with Crippen molar-refractivity contribution in [2.24, 2.45) is 0 Å². The van der Waals surface area contributed by atoms with E-state index in [0.717, 1.165) is 16.9 Å². The maximum atomic E-state index is 12.1. The lowest BCUT2D eigenvalue weighted by molar-refractivity contribution is 0.238. The number of nitrogens with zero attached hydrogens (tertiary/aromatic N) is 2. The molecule has 0 saturated carbocycles. The zero-order chi connectivity index (χ0) is 17.8. The largest absolute Gasteiger partial charge is 0.338 e. The normalized spacial score (nSPS) is 12.1. The van der Waals surface area contributed by atoms with Gasteiger partial charge in [0.05, 0.1) is 11.7 Å². The van der Waals surface area contributed by atoms with Gasteiger partial charge in [0.25, 0.3) is 0 Å². The second-order valence-corrected chi connectivity index (χ2v) is 6.58. The summed E-state index contributed by atoms with van der Waals surface area (Å²) in [4.78, 5) is 16.5. The third kappa shape index (κ3) is 4.44. The van der Waals surface area contributed by atoms with Gasteiger partial charge in [-0.25, -0.2) is 9.78 Å². The Morgan fingerprint density at radius 1 is 1.28 bits per heavy atom. The summed E-state index contributed by atoms with van der Waals surface area (Å²) in [5, 5.41) is 6.80. The molecule has 25 heavy (non-hydrogen) atoms. The van der Waals surface area contributed by atoms with Crippen LogP contribution in [0.15, 0.2) is 48.8 Å². The van der Waals surface area contributed by atoms with E-state index in [4.69, 9.17) is 23.2 Å². The summed E-state index contributed by atoms with van der Waals surface area (Å²) >= 11 is 12.1. The summed E-state index contributed by atoms with van der Waals surface area (Å²) in [6.07, 6.45) is 4.57. The van der Waals surface area contributed by atoms with E-state index in [2.05, 4.69) is 15.6 Å². The van der Waals surface area contributed by atoms with Gasteiger partial charge < -0.3 is 15.0 Å². The van der Waals surface area contributed by atoms with Gasteiger partial charge in [0.2, 0.25) is 0 Å². The summed E-state index contributed by atoms with van der Waals surface area (Å²) in [5.41, 5.74) is 2.65. The van der Waals surface area contributed by atoms with Gasteiger partial charge >= 0.3 is 6.03 Å². The second-order valence-electron chi connectivity index (χ2n) is 5.74. The van der Waals surface area contributed by atoms with Crippen molar-refractivity contribution in [1.82, 2.24) is 20.0 Å². The SMILES string of the molecule is CC(NC(=O)NCCc1cn2ccccc2n1)c1ccc(Cl)cc1Cl. The van der Waals surface area contributed by atoms with Gasteiger partial charge in [-0.3, -0.25) is 0 Å². The average molecular weight is 377 g/mol. The van der Waals surface area contributed by atoms with E-state index < -0.39 is 0 Å². The summed E-state index contributed by atoms with van der Waals surface area (Å²) in [6, 6.07) is 10.6. The van der Waals surface area contributed by atoms with Crippen molar-refractivity contribution >= 4 is 34.9 Å². The van der Waals surface area contributed by atoms with Crippen LogP contribution < -0.4 is 10.6 Å². The molecule has 2 aromatic heterocycles. The zero-order valence-electron chi connectivity index (χ0n) is 13.7. The number of hydrogen-bond donors (Lipinski definition) is 2. The summed E-state index contributed by atoms with van der Waals surface area (Å²) in [6.45, 7) is 2.37. The number of amides is 2. The van der Waals surface area contributed by atoms with Crippen LogP contribution in [0.2, 0.25) is 10.0 Å². The van der Waals surface area contributed by atoms with Crippen molar-refractivity contribution in [1.29, 1.82) is 0 Å². The van der Waals surface area contributed by atoms with E-state index >= 15 is 0 Å². The number of carbonyl (C=O) groups excluding carboxylic acids is 1. The molecule has 130 valence electrons. The van der Waals surface area contributed by atoms with Crippen molar-refractivity contribution in [3.05, 3.63) is 70.1 Å². The Labute approximate surface area is 156 Å². The predicted octanol–water partition coefficient (Wildman–Crippen LogP) is 4.24.